The van der Waals surface area contributed by atoms with E-state index in [4.69, 9.17) is 10.2 Å². The second-order valence-corrected chi connectivity index (χ2v) is 9.73. The van der Waals surface area contributed by atoms with Gasteiger partial charge in [-0.05, 0) is 29.5 Å². The van der Waals surface area contributed by atoms with Crippen LogP contribution in [-0.4, -0.2) is 51.2 Å². The fourth-order valence-corrected chi connectivity index (χ4v) is 4.98. The van der Waals surface area contributed by atoms with Crippen LogP contribution in [0.1, 0.15) is 29.5 Å². The van der Waals surface area contributed by atoms with E-state index in [1.54, 1.807) is 17.9 Å². The molecule has 11 heteroatoms. The van der Waals surface area contributed by atoms with Crippen LogP contribution in [0, 0.1) is 5.92 Å². The van der Waals surface area contributed by atoms with Crippen LogP contribution < -0.4 is 21.3 Å². The zero-order chi connectivity index (χ0) is 30.0. The molecule has 6 N–H and O–H groups in total. The Kier molecular flexibility index (Phi) is 9.77. The van der Waals surface area contributed by atoms with Gasteiger partial charge in [0.2, 0.25) is 5.91 Å². The van der Waals surface area contributed by atoms with Crippen molar-refractivity contribution in [2.24, 2.45) is 13.0 Å². The minimum absolute atomic E-state index is 0.0395. The third-order valence-corrected chi connectivity index (χ3v) is 7.03. The van der Waals surface area contributed by atoms with Crippen LogP contribution in [-0.2, 0) is 17.4 Å². The van der Waals surface area contributed by atoms with E-state index in [1.165, 1.54) is 0 Å². The minimum atomic E-state index is -1.20. The maximum Gasteiger partial charge on any atom is 0.404 e. The van der Waals surface area contributed by atoms with Crippen molar-refractivity contribution < 1.29 is 24.6 Å². The van der Waals surface area contributed by atoms with Gasteiger partial charge in [-0.3, -0.25) is 9.48 Å². The van der Waals surface area contributed by atoms with Crippen molar-refractivity contribution in [3.8, 4) is 0 Å². The predicted molar refractivity (Wildman–Crippen MR) is 159 cm³/mol. The number of rotatable bonds is 13. The van der Waals surface area contributed by atoms with E-state index < -0.39 is 23.6 Å². The zero-order valence-corrected chi connectivity index (χ0v) is 23.2. The molecule has 0 aliphatic heterocycles. The van der Waals surface area contributed by atoms with Crippen LogP contribution in [0.3, 0.4) is 0 Å². The van der Waals surface area contributed by atoms with E-state index in [0.717, 1.165) is 16.7 Å². The highest BCUT2D eigenvalue weighted by Crippen LogP contribution is 2.41. The Bertz CT molecular complexity index is 1360. The van der Waals surface area contributed by atoms with Gasteiger partial charge in [0.05, 0.1) is 6.20 Å². The number of hydrogen-bond donors (Lipinski definition) is 6. The molecule has 0 unspecified atom stereocenters. The molecule has 42 heavy (non-hydrogen) atoms. The number of carbonyl (C=O) groups excluding carboxylic acids is 1. The van der Waals surface area contributed by atoms with Crippen molar-refractivity contribution in [1.29, 1.82) is 0 Å². The molecule has 1 aromatic heterocycles. The number of amides is 3. The molecule has 0 fully saturated rings. The van der Waals surface area contributed by atoms with Crippen molar-refractivity contribution in [3.63, 3.8) is 0 Å². The van der Waals surface area contributed by atoms with Crippen LogP contribution in [0.15, 0.2) is 97.2 Å². The van der Waals surface area contributed by atoms with Gasteiger partial charge in [0.15, 0.2) is 0 Å². The maximum atomic E-state index is 13.5. The fraction of sp³-hybridized carbons (Fsp3) is 0.226. The topological polar surface area (TPSA) is 158 Å². The molecule has 3 amide bonds. The van der Waals surface area contributed by atoms with Gasteiger partial charge in [0, 0.05) is 26.1 Å². The quantitative estimate of drug-likeness (QED) is 0.127. The van der Waals surface area contributed by atoms with E-state index in [9.17, 15) is 14.4 Å². The molecule has 4 aromatic rings. The lowest BCUT2D eigenvalue weighted by Crippen LogP contribution is -2.39. The van der Waals surface area contributed by atoms with Crippen molar-refractivity contribution in [2.45, 2.75) is 18.4 Å². The number of hydrogen-bond acceptors (Lipinski definition) is 5. The number of anilines is 2. The van der Waals surface area contributed by atoms with Crippen LogP contribution in [0.4, 0.5) is 21.1 Å². The lowest BCUT2D eigenvalue weighted by Gasteiger charge is -2.38. The Labute approximate surface area is 243 Å². The summed E-state index contributed by atoms with van der Waals surface area (Å²) >= 11 is 0. The number of benzene rings is 3. The molecule has 3 aromatic carbocycles. The van der Waals surface area contributed by atoms with Gasteiger partial charge in [-0.2, -0.15) is 5.10 Å². The molecule has 218 valence electrons. The average molecular weight is 571 g/mol. The van der Waals surface area contributed by atoms with Gasteiger partial charge in [-0.1, -0.05) is 91.0 Å². The van der Waals surface area contributed by atoms with E-state index in [1.807, 2.05) is 91.0 Å². The van der Waals surface area contributed by atoms with Crippen molar-refractivity contribution in [1.82, 2.24) is 20.4 Å². The summed E-state index contributed by atoms with van der Waals surface area (Å²) in [6.07, 6.45) is -0.477. The second-order valence-electron chi connectivity index (χ2n) is 9.73. The summed E-state index contributed by atoms with van der Waals surface area (Å²) in [5.41, 5.74) is 2.47. The summed E-state index contributed by atoms with van der Waals surface area (Å²) in [5.74, 6) is -0.500. The largest absolute Gasteiger partial charge is 0.465 e. The Morgan fingerprint density at radius 1 is 0.762 bits per heavy atom. The van der Waals surface area contributed by atoms with Crippen LogP contribution >= 0.6 is 0 Å². The predicted octanol–water partition coefficient (Wildman–Crippen LogP) is 4.69. The maximum absolute atomic E-state index is 13.5. The molecule has 0 saturated heterocycles. The number of nitrogens with zero attached hydrogens (tertiary/aromatic N) is 2. The normalized spacial score (nSPS) is 11.1. The van der Waals surface area contributed by atoms with Gasteiger partial charge in [-0.25, -0.2) is 9.59 Å². The molecule has 1 heterocycles. The molecule has 0 aliphatic carbocycles. The van der Waals surface area contributed by atoms with Crippen LogP contribution in [0.2, 0.25) is 0 Å². The summed E-state index contributed by atoms with van der Waals surface area (Å²) < 4.78 is 1.64. The average Bonchev–Trinajstić information content (AvgIpc) is 3.33. The standard InChI is InChI=1S/C31H34N6O5/c1-37-27(26(21-34-37)35-28(38)22(17-19-32-29(39)40)18-20-33-30(41)42)36-31(23-11-5-2-6-12-23,24-13-7-3-8-14-24)25-15-9-4-10-16-25/h2-16,21-22,32-33,36H,17-20H2,1H3,(H,35,38)(H,39,40)(H,41,42). The molecule has 11 nitrogen and oxygen atoms in total. The zero-order valence-electron chi connectivity index (χ0n) is 23.2. The SMILES string of the molecule is Cn1ncc(NC(=O)C(CCNC(=O)O)CCNC(=O)O)c1NC(c1ccccc1)(c1ccccc1)c1ccccc1. The van der Waals surface area contributed by atoms with Crippen molar-refractivity contribution >= 4 is 29.6 Å². The first-order valence-electron chi connectivity index (χ1n) is 13.5. The van der Waals surface area contributed by atoms with E-state index >= 15 is 0 Å². The lowest BCUT2D eigenvalue weighted by atomic mass is 9.77. The molecular formula is C31H34N6O5. The summed E-state index contributed by atoms with van der Waals surface area (Å²) in [6.45, 7) is 0.0789. The summed E-state index contributed by atoms with van der Waals surface area (Å²) in [6, 6.07) is 30.0. The van der Waals surface area contributed by atoms with Crippen LogP contribution in [0.25, 0.3) is 0 Å². The molecule has 0 spiro atoms. The first-order chi connectivity index (χ1) is 20.3. The van der Waals surface area contributed by atoms with Crippen molar-refractivity contribution in [2.75, 3.05) is 23.7 Å². The van der Waals surface area contributed by atoms with Gasteiger partial charge >= 0.3 is 12.2 Å². The highest BCUT2D eigenvalue weighted by Gasteiger charge is 2.38. The number of carbonyl (C=O) groups is 3. The molecule has 0 atom stereocenters. The highest BCUT2D eigenvalue weighted by molar-refractivity contribution is 5.95. The van der Waals surface area contributed by atoms with E-state index in [0.29, 0.717) is 11.5 Å². The second kappa shape index (κ2) is 13.8. The van der Waals surface area contributed by atoms with Crippen LogP contribution in [0.5, 0.6) is 0 Å². The molecule has 0 saturated carbocycles. The Balaban J connectivity index is 1.72. The Morgan fingerprint density at radius 2 is 1.19 bits per heavy atom. The number of nitrogens with one attached hydrogen (secondary N) is 4. The van der Waals surface area contributed by atoms with Gasteiger partial charge in [0.1, 0.15) is 17.0 Å². The molecule has 0 radical (unpaired) electrons. The lowest BCUT2D eigenvalue weighted by molar-refractivity contribution is -0.120. The molecule has 4 rings (SSSR count). The van der Waals surface area contributed by atoms with E-state index in [-0.39, 0.29) is 31.8 Å². The highest BCUT2D eigenvalue weighted by atomic mass is 16.4. The first kappa shape index (κ1) is 29.7. The van der Waals surface area contributed by atoms with Gasteiger partial charge < -0.3 is 31.5 Å². The summed E-state index contributed by atoms with van der Waals surface area (Å²) in [5, 5.41) is 33.5. The smallest absolute Gasteiger partial charge is 0.404 e. The molecule has 0 bridgehead atoms. The third kappa shape index (κ3) is 7.05. The number of aryl methyl sites for hydroxylation is 1. The van der Waals surface area contributed by atoms with Gasteiger partial charge in [-0.15, -0.1) is 0 Å². The number of carboxylic acid groups (broad SMARTS) is 2. The minimum Gasteiger partial charge on any atom is -0.465 e. The third-order valence-electron chi connectivity index (χ3n) is 7.03. The molecular weight excluding hydrogens is 536 g/mol. The fourth-order valence-electron chi connectivity index (χ4n) is 4.98. The van der Waals surface area contributed by atoms with Gasteiger partial charge in [0.25, 0.3) is 0 Å². The van der Waals surface area contributed by atoms with Crippen molar-refractivity contribution in [3.05, 3.63) is 114 Å². The monoisotopic (exact) mass is 570 g/mol. The Morgan fingerprint density at radius 3 is 1.60 bits per heavy atom. The first-order valence-corrected chi connectivity index (χ1v) is 13.5. The summed E-state index contributed by atoms with van der Waals surface area (Å²) in [7, 11) is 1.77. The molecule has 0 aliphatic rings. The number of aromatic nitrogens is 2. The Hall–Kier alpha value is -5.32. The summed E-state index contributed by atoms with van der Waals surface area (Å²) in [4.78, 5) is 35.4. The van der Waals surface area contributed by atoms with E-state index in [2.05, 4.69) is 26.4 Å².